The summed E-state index contributed by atoms with van der Waals surface area (Å²) in [5.41, 5.74) is 1.35. The van der Waals surface area contributed by atoms with E-state index in [0.717, 1.165) is 16.2 Å². The number of methoxy groups -OCH3 is 1. The van der Waals surface area contributed by atoms with Crippen molar-refractivity contribution in [2.75, 3.05) is 20.2 Å². The lowest BCUT2D eigenvalue weighted by atomic mass is 10.1. The van der Waals surface area contributed by atoms with Gasteiger partial charge in [-0.2, -0.15) is 0 Å². The molecule has 25 heavy (non-hydrogen) atoms. The first-order chi connectivity index (χ1) is 12.1. The average molecular weight is 339 g/mol. The van der Waals surface area contributed by atoms with Gasteiger partial charge in [0.25, 0.3) is 11.8 Å². The Balaban J connectivity index is 1.53. The summed E-state index contributed by atoms with van der Waals surface area (Å²) in [5, 5.41) is 2.72. The van der Waals surface area contributed by atoms with E-state index in [1.54, 1.807) is 13.2 Å². The van der Waals surface area contributed by atoms with Crippen LogP contribution in [-0.4, -0.2) is 47.8 Å². The molecule has 0 saturated carbocycles. The molecule has 2 aromatic rings. The van der Waals surface area contributed by atoms with Crippen molar-refractivity contribution in [1.29, 1.82) is 0 Å². The average Bonchev–Trinajstić information content (AvgIpc) is 2.87. The molecule has 1 aliphatic rings. The zero-order chi connectivity index (χ0) is 17.8. The van der Waals surface area contributed by atoms with E-state index in [1.165, 1.54) is 12.3 Å². The molecule has 3 amide bonds. The normalized spacial score (nSPS) is 12.9. The summed E-state index contributed by atoms with van der Waals surface area (Å²) in [4.78, 5) is 41.2. The fourth-order valence-corrected chi connectivity index (χ4v) is 2.63. The topological polar surface area (TPSA) is 88.6 Å². The molecular weight excluding hydrogens is 322 g/mol. The van der Waals surface area contributed by atoms with Gasteiger partial charge in [-0.1, -0.05) is 12.1 Å². The van der Waals surface area contributed by atoms with Gasteiger partial charge in [-0.25, -0.2) is 0 Å². The number of hydrogen-bond acceptors (Lipinski definition) is 5. The van der Waals surface area contributed by atoms with Gasteiger partial charge in [-0.05, 0) is 36.2 Å². The smallest absolute Gasteiger partial charge is 0.280 e. The Morgan fingerprint density at radius 3 is 2.80 bits per heavy atom. The largest absolute Gasteiger partial charge is 0.497 e. The minimum atomic E-state index is -0.538. The quantitative estimate of drug-likeness (QED) is 0.795. The number of amides is 3. The standard InChI is InChI=1S/C18H17N3O4/c1-25-13-5-2-4-12(10-13)7-9-19-15(22)11-21-17(23)14-6-3-8-20-16(14)18(21)24/h2-6,8,10H,7,9,11H2,1H3,(H,19,22). The molecule has 2 heterocycles. The molecule has 1 aromatic carbocycles. The lowest BCUT2D eigenvalue weighted by Crippen LogP contribution is -2.40. The number of benzene rings is 1. The van der Waals surface area contributed by atoms with Gasteiger partial charge in [-0.15, -0.1) is 0 Å². The van der Waals surface area contributed by atoms with E-state index in [-0.39, 0.29) is 17.8 Å². The summed E-state index contributed by atoms with van der Waals surface area (Å²) >= 11 is 0. The molecule has 0 spiro atoms. The molecule has 0 radical (unpaired) electrons. The molecule has 1 aromatic heterocycles. The number of nitrogens with one attached hydrogen (secondary N) is 1. The summed E-state index contributed by atoms with van der Waals surface area (Å²) in [6, 6.07) is 10.7. The van der Waals surface area contributed by atoms with Crippen LogP contribution in [0.1, 0.15) is 26.4 Å². The molecule has 7 nitrogen and oxygen atoms in total. The van der Waals surface area contributed by atoms with Gasteiger partial charge in [0.05, 0.1) is 12.7 Å². The molecule has 7 heteroatoms. The predicted molar refractivity (Wildman–Crippen MR) is 89.3 cm³/mol. The van der Waals surface area contributed by atoms with Crippen molar-refractivity contribution in [3.05, 3.63) is 59.4 Å². The molecule has 1 aliphatic heterocycles. The number of carbonyl (C=O) groups excluding carboxylic acids is 3. The van der Waals surface area contributed by atoms with Gasteiger partial charge in [0.2, 0.25) is 5.91 Å². The van der Waals surface area contributed by atoms with Crippen LogP contribution in [0.3, 0.4) is 0 Å². The van der Waals surface area contributed by atoms with E-state index in [0.29, 0.717) is 13.0 Å². The molecule has 1 N–H and O–H groups in total. The Hall–Kier alpha value is -3.22. The SMILES string of the molecule is COc1cccc(CCNC(=O)CN2C(=O)c3cccnc3C2=O)c1. The van der Waals surface area contributed by atoms with Crippen LogP contribution in [0.25, 0.3) is 0 Å². The Morgan fingerprint density at radius 1 is 1.20 bits per heavy atom. The molecule has 0 atom stereocenters. The molecule has 0 unspecified atom stereocenters. The first-order valence-corrected chi connectivity index (χ1v) is 7.81. The summed E-state index contributed by atoms with van der Waals surface area (Å²) in [6.45, 7) is 0.0829. The first-order valence-electron chi connectivity index (χ1n) is 7.81. The van der Waals surface area contributed by atoms with Gasteiger partial charge < -0.3 is 10.1 Å². The number of ether oxygens (including phenoxy) is 1. The maximum Gasteiger partial charge on any atom is 0.280 e. The number of nitrogens with zero attached hydrogens (tertiary/aromatic N) is 2. The second kappa shape index (κ2) is 7.12. The van der Waals surface area contributed by atoms with Crippen LogP contribution in [0.5, 0.6) is 5.75 Å². The number of hydrogen-bond donors (Lipinski definition) is 1. The van der Waals surface area contributed by atoms with E-state index in [1.807, 2.05) is 24.3 Å². The first kappa shape index (κ1) is 16.6. The van der Waals surface area contributed by atoms with E-state index in [4.69, 9.17) is 4.74 Å². The highest BCUT2D eigenvalue weighted by Crippen LogP contribution is 2.19. The van der Waals surface area contributed by atoms with Crippen LogP contribution >= 0.6 is 0 Å². The lowest BCUT2D eigenvalue weighted by molar-refractivity contribution is -0.121. The van der Waals surface area contributed by atoms with E-state index in [2.05, 4.69) is 10.3 Å². The monoisotopic (exact) mass is 339 g/mol. The zero-order valence-electron chi connectivity index (χ0n) is 13.7. The second-order valence-corrected chi connectivity index (χ2v) is 5.55. The second-order valence-electron chi connectivity index (χ2n) is 5.55. The predicted octanol–water partition coefficient (Wildman–Crippen LogP) is 1.05. The number of carbonyl (C=O) groups is 3. The van der Waals surface area contributed by atoms with Crippen LogP contribution in [0.4, 0.5) is 0 Å². The number of fused-ring (bicyclic) bond motifs is 1. The van der Waals surface area contributed by atoms with Crippen molar-refractivity contribution in [3.63, 3.8) is 0 Å². The Kier molecular flexibility index (Phi) is 4.74. The van der Waals surface area contributed by atoms with E-state index in [9.17, 15) is 14.4 Å². The highest BCUT2D eigenvalue weighted by Gasteiger charge is 2.37. The van der Waals surface area contributed by atoms with Crippen LogP contribution in [0.2, 0.25) is 0 Å². The maximum atomic E-state index is 12.2. The molecule has 0 aliphatic carbocycles. The number of pyridine rings is 1. The van der Waals surface area contributed by atoms with Crippen molar-refractivity contribution in [3.8, 4) is 5.75 Å². The van der Waals surface area contributed by atoms with Gasteiger partial charge in [0.15, 0.2) is 0 Å². The minimum absolute atomic E-state index is 0.0941. The van der Waals surface area contributed by atoms with Gasteiger partial charge in [0.1, 0.15) is 18.0 Å². The summed E-state index contributed by atoms with van der Waals surface area (Å²) in [7, 11) is 1.60. The molecule has 3 rings (SSSR count). The van der Waals surface area contributed by atoms with Crippen molar-refractivity contribution in [1.82, 2.24) is 15.2 Å². The highest BCUT2D eigenvalue weighted by molar-refractivity contribution is 6.21. The number of rotatable bonds is 6. The fraction of sp³-hybridized carbons (Fsp3) is 0.222. The summed E-state index contributed by atoms with van der Waals surface area (Å²) in [5.74, 6) is -0.667. The van der Waals surface area contributed by atoms with Crippen LogP contribution in [0, 0.1) is 0 Å². The van der Waals surface area contributed by atoms with Crippen LogP contribution in [0.15, 0.2) is 42.6 Å². The summed E-state index contributed by atoms with van der Waals surface area (Å²) in [6.07, 6.45) is 2.06. The van der Waals surface area contributed by atoms with Gasteiger partial charge in [-0.3, -0.25) is 24.3 Å². The van der Waals surface area contributed by atoms with Gasteiger partial charge >= 0.3 is 0 Å². The van der Waals surface area contributed by atoms with E-state index >= 15 is 0 Å². The third-order valence-electron chi connectivity index (χ3n) is 3.90. The van der Waals surface area contributed by atoms with Crippen LogP contribution < -0.4 is 10.1 Å². The number of imide groups is 1. The third-order valence-corrected chi connectivity index (χ3v) is 3.90. The molecule has 128 valence electrons. The van der Waals surface area contributed by atoms with E-state index < -0.39 is 17.7 Å². The molecular formula is C18H17N3O4. The Labute approximate surface area is 144 Å². The third kappa shape index (κ3) is 3.50. The molecule has 0 saturated heterocycles. The molecule has 0 fully saturated rings. The minimum Gasteiger partial charge on any atom is -0.497 e. The fourth-order valence-electron chi connectivity index (χ4n) is 2.63. The Morgan fingerprint density at radius 2 is 2.04 bits per heavy atom. The summed E-state index contributed by atoms with van der Waals surface area (Å²) < 4.78 is 5.15. The van der Waals surface area contributed by atoms with Crippen LogP contribution in [-0.2, 0) is 11.2 Å². The van der Waals surface area contributed by atoms with Crippen molar-refractivity contribution < 1.29 is 19.1 Å². The Bertz CT molecular complexity index is 800. The number of aromatic nitrogens is 1. The van der Waals surface area contributed by atoms with Gasteiger partial charge in [0, 0.05) is 12.7 Å². The zero-order valence-corrected chi connectivity index (χ0v) is 13.7. The molecule has 0 bridgehead atoms. The lowest BCUT2D eigenvalue weighted by Gasteiger charge is -2.13. The van der Waals surface area contributed by atoms with Crippen molar-refractivity contribution in [2.45, 2.75) is 6.42 Å². The van der Waals surface area contributed by atoms with Crippen molar-refractivity contribution >= 4 is 17.7 Å². The maximum absolute atomic E-state index is 12.2. The van der Waals surface area contributed by atoms with Crippen molar-refractivity contribution in [2.24, 2.45) is 0 Å². The highest BCUT2D eigenvalue weighted by atomic mass is 16.5.